The maximum Gasteiger partial charge on any atom is 0.274 e. The molecular weight excluding hydrogens is 450 g/mol. The number of benzene rings is 2. The number of carbonyl (C=O) groups excluding carboxylic acids is 1. The molecule has 0 saturated carbocycles. The second-order valence-electron chi connectivity index (χ2n) is 8.36. The number of aromatic nitrogens is 4. The molecule has 2 heterocycles. The molecule has 4 aromatic rings. The summed E-state index contributed by atoms with van der Waals surface area (Å²) in [5.41, 5.74) is 3.31. The number of thioether (sulfide) groups is 1. The summed E-state index contributed by atoms with van der Waals surface area (Å²) in [6.45, 7) is 7.86. The molecule has 2 aromatic carbocycles. The predicted molar refractivity (Wildman–Crippen MR) is 134 cm³/mol. The molecule has 9 heteroatoms. The van der Waals surface area contributed by atoms with Gasteiger partial charge in [0.25, 0.3) is 17.2 Å². The van der Waals surface area contributed by atoms with Gasteiger partial charge in [0.05, 0.1) is 11.4 Å². The van der Waals surface area contributed by atoms with Gasteiger partial charge in [0.1, 0.15) is 12.1 Å². The van der Waals surface area contributed by atoms with Gasteiger partial charge in [-0.25, -0.2) is 4.98 Å². The highest BCUT2D eigenvalue weighted by molar-refractivity contribution is 7.98. The van der Waals surface area contributed by atoms with Gasteiger partial charge in [0, 0.05) is 22.8 Å². The van der Waals surface area contributed by atoms with E-state index in [1.807, 2.05) is 64.1 Å². The highest BCUT2D eigenvalue weighted by Gasteiger charge is 2.12. The van der Waals surface area contributed by atoms with Crippen molar-refractivity contribution in [2.24, 2.45) is 0 Å². The Morgan fingerprint density at radius 3 is 2.59 bits per heavy atom. The van der Waals surface area contributed by atoms with Crippen LogP contribution in [-0.4, -0.2) is 31.7 Å². The van der Waals surface area contributed by atoms with Gasteiger partial charge < -0.3 is 10.1 Å². The first kappa shape index (κ1) is 23.6. The van der Waals surface area contributed by atoms with Gasteiger partial charge in [0.15, 0.2) is 6.61 Å². The zero-order valence-corrected chi connectivity index (χ0v) is 20.4. The summed E-state index contributed by atoms with van der Waals surface area (Å²) in [7, 11) is 0. The fourth-order valence-corrected chi connectivity index (χ4v) is 4.51. The molecular formula is C25H27N5O3S. The summed E-state index contributed by atoms with van der Waals surface area (Å²) in [5.74, 6) is 1.26. The molecule has 0 unspecified atom stereocenters. The number of ether oxygens (including phenoxy) is 1. The van der Waals surface area contributed by atoms with Crippen LogP contribution in [0, 0.1) is 13.8 Å². The van der Waals surface area contributed by atoms with Crippen LogP contribution in [0.4, 0.5) is 5.69 Å². The van der Waals surface area contributed by atoms with Crippen molar-refractivity contribution in [3.05, 3.63) is 82.0 Å². The Morgan fingerprint density at radius 1 is 1.12 bits per heavy atom. The van der Waals surface area contributed by atoms with Crippen LogP contribution in [0.3, 0.4) is 0 Å². The number of amides is 1. The molecule has 0 fully saturated rings. The number of nitrogens with one attached hydrogen (secondary N) is 1. The minimum atomic E-state index is -0.246. The summed E-state index contributed by atoms with van der Waals surface area (Å²) < 4.78 is 8.90. The van der Waals surface area contributed by atoms with Gasteiger partial charge in [-0.15, -0.1) is 11.8 Å². The van der Waals surface area contributed by atoms with E-state index in [0.717, 1.165) is 16.0 Å². The predicted octanol–water partition coefficient (Wildman–Crippen LogP) is 4.40. The third kappa shape index (κ3) is 5.48. The number of para-hydroxylation sites is 1. The van der Waals surface area contributed by atoms with Crippen molar-refractivity contribution in [2.45, 2.75) is 44.4 Å². The van der Waals surface area contributed by atoms with Crippen LogP contribution >= 0.6 is 11.8 Å². The van der Waals surface area contributed by atoms with Gasteiger partial charge in [-0.3, -0.25) is 14.3 Å². The van der Waals surface area contributed by atoms with Crippen molar-refractivity contribution in [3.63, 3.8) is 0 Å². The van der Waals surface area contributed by atoms with E-state index in [-0.39, 0.29) is 24.1 Å². The minimum absolute atomic E-state index is 0.0879. The standard InChI is InChI=1S/C25H27N5O3S/c1-16(2)29-15-26-25-27-19(12-24(32)30(25)29)14-34-22-8-6-5-7-21(22)28-23(31)13-33-20-10-17(3)9-18(4)11-20/h5-12,15-16H,13-14H2,1-4H3,(H,28,31). The van der Waals surface area contributed by atoms with Gasteiger partial charge in [0.2, 0.25) is 0 Å². The Labute approximate surface area is 202 Å². The number of nitrogens with zero attached hydrogens (tertiary/aromatic N) is 4. The Kier molecular flexibility index (Phi) is 7.02. The summed E-state index contributed by atoms with van der Waals surface area (Å²) in [4.78, 5) is 34.8. The normalized spacial score (nSPS) is 11.2. The molecule has 2 aromatic heterocycles. The van der Waals surface area contributed by atoms with Crippen molar-refractivity contribution in [1.29, 1.82) is 0 Å². The molecule has 0 radical (unpaired) electrons. The zero-order chi connectivity index (χ0) is 24.2. The first-order valence-corrected chi connectivity index (χ1v) is 12.0. The van der Waals surface area contributed by atoms with Crippen LogP contribution in [0.1, 0.15) is 36.7 Å². The molecule has 1 amide bonds. The highest BCUT2D eigenvalue weighted by Crippen LogP contribution is 2.29. The largest absolute Gasteiger partial charge is 0.484 e. The van der Waals surface area contributed by atoms with E-state index in [0.29, 0.717) is 28.7 Å². The molecule has 1 N–H and O–H groups in total. The van der Waals surface area contributed by atoms with Crippen LogP contribution in [0.25, 0.3) is 5.78 Å². The van der Waals surface area contributed by atoms with E-state index in [9.17, 15) is 9.59 Å². The summed E-state index contributed by atoms with van der Waals surface area (Å²) >= 11 is 1.49. The van der Waals surface area contributed by atoms with Crippen molar-refractivity contribution in [2.75, 3.05) is 11.9 Å². The van der Waals surface area contributed by atoms with Crippen LogP contribution in [-0.2, 0) is 10.5 Å². The Balaban J connectivity index is 1.42. The lowest BCUT2D eigenvalue weighted by Gasteiger charge is -2.12. The smallest absolute Gasteiger partial charge is 0.274 e. The second-order valence-corrected chi connectivity index (χ2v) is 9.38. The summed E-state index contributed by atoms with van der Waals surface area (Å²) in [6, 6.07) is 15.0. The third-order valence-electron chi connectivity index (χ3n) is 5.09. The number of aryl methyl sites for hydroxylation is 2. The van der Waals surface area contributed by atoms with Gasteiger partial charge in [-0.2, -0.15) is 9.50 Å². The molecule has 176 valence electrons. The van der Waals surface area contributed by atoms with E-state index in [1.165, 1.54) is 22.3 Å². The Morgan fingerprint density at radius 2 is 1.85 bits per heavy atom. The molecule has 0 aliphatic heterocycles. The van der Waals surface area contributed by atoms with Crippen LogP contribution < -0.4 is 15.6 Å². The number of rotatable bonds is 8. The van der Waals surface area contributed by atoms with E-state index < -0.39 is 0 Å². The molecule has 4 rings (SSSR count). The highest BCUT2D eigenvalue weighted by atomic mass is 32.2. The molecule has 8 nitrogen and oxygen atoms in total. The summed E-state index contributed by atoms with van der Waals surface area (Å²) in [6.07, 6.45) is 1.62. The third-order valence-corrected chi connectivity index (χ3v) is 6.19. The molecule has 0 spiro atoms. The average Bonchev–Trinajstić information content (AvgIpc) is 3.22. The maximum absolute atomic E-state index is 12.6. The Bertz CT molecular complexity index is 1370. The fraction of sp³-hybridized carbons (Fsp3) is 0.280. The van der Waals surface area contributed by atoms with Gasteiger partial charge in [-0.1, -0.05) is 18.2 Å². The zero-order valence-electron chi connectivity index (χ0n) is 19.6. The second kappa shape index (κ2) is 10.1. The summed E-state index contributed by atoms with van der Waals surface area (Å²) in [5, 5.41) is 2.92. The van der Waals surface area contributed by atoms with E-state index in [1.54, 1.807) is 11.0 Å². The van der Waals surface area contributed by atoms with Crippen LogP contribution in [0.5, 0.6) is 5.75 Å². The maximum atomic E-state index is 12.6. The Hall–Kier alpha value is -3.59. The van der Waals surface area contributed by atoms with Crippen LogP contribution in [0.15, 0.2) is 64.5 Å². The lowest BCUT2D eigenvalue weighted by molar-refractivity contribution is -0.118. The monoisotopic (exact) mass is 477 g/mol. The molecule has 34 heavy (non-hydrogen) atoms. The van der Waals surface area contributed by atoms with E-state index in [2.05, 4.69) is 21.4 Å². The topological polar surface area (TPSA) is 90.5 Å². The molecule has 0 saturated heterocycles. The SMILES string of the molecule is Cc1cc(C)cc(OCC(=O)Nc2ccccc2SCc2cc(=O)n3c(ncn3C(C)C)n2)c1. The molecule has 0 aliphatic rings. The van der Waals surface area contributed by atoms with E-state index in [4.69, 9.17) is 4.74 Å². The minimum Gasteiger partial charge on any atom is -0.484 e. The molecule has 0 bridgehead atoms. The average molecular weight is 478 g/mol. The lowest BCUT2D eigenvalue weighted by Crippen LogP contribution is -2.22. The first-order chi connectivity index (χ1) is 16.3. The first-order valence-electron chi connectivity index (χ1n) is 11.0. The number of anilines is 1. The molecule has 0 atom stereocenters. The van der Waals surface area contributed by atoms with E-state index >= 15 is 0 Å². The fourth-order valence-electron chi connectivity index (χ4n) is 3.61. The number of carbonyl (C=O) groups is 1. The van der Waals surface area contributed by atoms with Crippen LogP contribution in [0.2, 0.25) is 0 Å². The van der Waals surface area contributed by atoms with Gasteiger partial charge in [-0.05, 0) is 63.1 Å². The number of hydrogen-bond donors (Lipinski definition) is 1. The number of hydrogen-bond acceptors (Lipinski definition) is 6. The number of fused-ring (bicyclic) bond motifs is 1. The van der Waals surface area contributed by atoms with Crippen molar-refractivity contribution < 1.29 is 9.53 Å². The quantitative estimate of drug-likeness (QED) is 0.378. The van der Waals surface area contributed by atoms with Gasteiger partial charge >= 0.3 is 0 Å². The molecule has 0 aliphatic carbocycles. The lowest BCUT2D eigenvalue weighted by atomic mass is 10.1. The van der Waals surface area contributed by atoms with Crippen molar-refractivity contribution in [3.8, 4) is 5.75 Å². The van der Waals surface area contributed by atoms with Crippen molar-refractivity contribution in [1.82, 2.24) is 19.2 Å². The van der Waals surface area contributed by atoms with Crippen molar-refractivity contribution >= 4 is 29.1 Å².